The first-order chi connectivity index (χ1) is 17.5. The fraction of sp³-hybridized carbons (Fsp3) is 0.625. The molecule has 6 heteroatoms. The molecule has 0 radical (unpaired) electrons. The summed E-state index contributed by atoms with van der Waals surface area (Å²) in [7, 11) is 5.72. The van der Waals surface area contributed by atoms with Gasteiger partial charge in [-0.3, -0.25) is 9.91 Å². The first-order valence-electron chi connectivity index (χ1n) is 13.5. The lowest BCUT2D eigenvalue weighted by molar-refractivity contribution is -0.0980. The van der Waals surface area contributed by atoms with E-state index in [1.54, 1.807) is 0 Å². The van der Waals surface area contributed by atoms with E-state index in [1.165, 1.54) is 37.6 Å². The van der Waals surface area contributed by atoms with Gasteiger partial charge in [0.25, 0.3) is 0 Å². The zero-order valence-electron chi connectivity index (χ0n) is 25.6. The van der Waals surface area contributed by atoms with Crippen molar-refractivity contribution >= 4 is 13.0 Å². The molecule has 4 unspecified atom stereocenters. The summed E-state index contributed by atoms with van der Waals surface area (Å²) in [6.45, 7) is 26.2. The van der Waals surface area contributed by atoms with Gasteiger partial charge in [0, 0.05) is 37.5 Å². The van der Waals surface area contributed by atoms with Crippen molar-refractivity contribution in [3.8, 4) is 0 Å². The molecule has 0 spiro atoms. The van der Waals surface area contributed by atoms with Crippen LogP contribution < -0.4 is 11.1 Å². The number of hydrogen-bond acceptors (Lipinski definition) is 6. The maximum Gasteiger partial charge on any atom is 0.106 e. The summed E-state index contributed by atoms with van der Waals surface area (Å²) in [6, 6.07) is 10.1. The van der Waals surface area contributed by atoms with Crippen LogP contribution in [0.1, 0.15) is 98.4 Å². The average molecular weight is 532 g/mol. The highest BCUT2D eigenvalue weighted by molar-refractivity contribution is 5.60. The van der Waals surface area contributed by atoms with E-state index < -0.39 is 0 Å². The van der Waals surface area contributed by atoms with Gasteiger partial charge in [0.05, 0.1) is 6.04 Å². The molecule has 0 aliphatic carbocycles. The third kappa shape index (κ3) is 13.4. The molecule has 2 aliphatic heterocycles. The minimum Gasteiger partial charge on any atom is -0.381 e. The third-order valence-corrected chi connectivity index (χ3v) is 6.91. The Morgan fingerprint density at radius 1 is 1.13 bits per heavy atom. The van der Waals surface area contributed by atoms with Crippen LogP contribution in [0.15, 0.2) is 54.3 Å². The maximum atomic E-state index is 8.00. The Kier molecular flexibility index (Phi) is 22.7. The highest BCUT2D eigenvalue weighted by Crippen LogP contribution is 2.28. The molecule has 3 rings (SSSR count). The summed E-state index contributed by atoms with van der Waals surface area (Å²) in [5.41, 5.74) is 8.67. The first-order valence-corrected chi connectivity index (χ1v) is 13.5. The van der Waals surface area contributed by atoms with Gasteiger partial charge in [-0.25, -0.2) is 0 Å². The van der Waals surface area contributed by atoms with Crippen LogP contribution in [-0.4, -0.2) is 56.6 Å². The van der Waals surface area contributed by atoms with Gasteiger partial charge < -0.3 is 15.8 Å². The largest absolute Gasteiger partial charge is 0.381 e. The van der Waals surface area contributed by atoms with Gasteiger partial charge in [-0.05, 0) is 62.9 Å². The van der Waals surface area contributed by atoms with Gasteiger partial charge >= 0.3 is 0 Å². The van der Waals surface area contributed by atoms with Crippen LogP contribution in [0.4, 0.5) is 0 Å². The lowest BCUT2D eigenvalue weighted by Crippen LogP contribution is -2.33. The highest BCUT2D eigenvalue weighted by atomic mass is 16.1. The fourth-order valence-corrected chi connectivity index (χ4v) is 4.03. The molecule has 3 N–H and O–H groups in total. The molecule has 2 aliphatic rings. The number of benzene rings is 1. The second-order valence-corrected chi connectivity index (χ2v) is 10.2. The normalized spacial score (nSPS) is 19.3. The number of allylic oxidation sites excluding steroid dienone is 1. The SMILES string of the molecule is C.C=C(NC(C)c1ccc(C2CC=NN2C)cc1)C1CCCN1C.C=CC(C)C(C)(C)C.C=O.CC.CN. The Labute approximate surface area is 236 Å². The Hall–Kier alpha value is -2.44. The van der Waals surface area contributed by atoms with Crippen molar-refractivity contribution in [1.82, 2.24) is 15.2 Å². The van der Waals surface area contributed by atoms with Crippen molar-refractivity contribution in [3.05, 3.63) is 60.3 Å². The third-order valence-electron chi connectivity index (χ3n) is 6.91. The number of nitrogens with two attached hydrogens (primary N) is 1. The number of hydrogen-bond donors (Lipinski definition) is 2. The van der Waals surface area contributed by atoms with Crippen molar-refractivity contribution in [3.63, 3.8) is 0 Å². The molecule has 2 heterocycles. The van der Waals surface area contributed by atoms with E-state index in [-0.39, 0.29) is 13.5 Å². The number of hydrazone groups is 1. The van der Waals surface area contributed by atoms with E-state index in [2.05, 4.69) is 100 Å². The van der Waals surface area contributed by atoms with Crippen molar-refractivity contribution in [2.45, 2.75) is 93.3 Å². The number of rotatable bonds is 6. The molecular formula is C32H61N5O. The molecule has 38 heavy (non-hydrogen) atoms. The van der Waals surface area contributed by atoms with Crippen molar-refractivity contribution in [2.75, 3.05) is 27.7 Å². The molecule has 220 valence electrons. The highest BCUT2D eigenvalue weighted by Gasteiger charge is 2.24. The van der Waals surface area contributed by atoms with E-state index >= 15 is 0 Å². The number of carbonyl (C=O) groups is 1. The van der Waals surface area contributed by atoms with Crippen molar-refractivity contribution in [1.29, 1.82) is 0 Å². The van der Waals surface area contributed by atoms with E-state index in [9.17, 15) is 0 Å². The average Bonchev–Trinajstić information content (AvgIpc) is 3.54. The summed E-state index contributed by atoms with van der Waals surface area (Å²) in [6.07, 6.45) is 7.46. The zero-order chi connectivity index (χ0) is 29.2. The van der Waals surface area contributed by atoms with Gasteiger partial charge in [0.1, 0.15) is 6.79 Å². The Bertz CT molecular complexity index is 769. The van der Waals surface area contributed by atoms with Crippen LogP contribution in [0.5, 0.6) is 0 Å². The van der Waals surface area contributed by atoms with E-state index in [4.69, 9.17) is 4.79 Å². The van der Waals surface area contributed by atoms with Crippen LogP contribution in [0.25, 0.3) is 0 Å². The van der Waals surface area contributed by atoms with Gasteiger partial charge in [-0.15, -0.1) is 6.58 Å². The molecule has 0 aromatic heterocycles. The topological polar surface area (TPSA) is 74.0 Å². The lowest BCUT2D eigenvalue weighted by atomic mass is 9.82. The van der Waals surface area contributed by atoms with Gasteiger partial charge in [-0.1, -0.05) is 85.9 Å². The predicted octanol–water partition coefficient (Wildman–Crippen LogP) is 7.21. The summed E-state index contributed by atoms with van der Waals surface area (Å²) >= 11 is 0. The first kappa shape index (κ1) is 40.1. The van der Waals surface area contributed by atoms with Gasteiger partial charge in [0.2, 0.25) is 0 Å². The molecule has 1 saturated heterocycles. The predicted molar refractivity (Wildman–Crippen MR) is 171 cm³/mol. The summed E-state index contributed by atoms with van der Waals surface area (Å²) in [5, 5.41) is 9.95. The molecule has 0 saturated carbocycles. The molecule has 1 aromatic carbocycles. The minimum absolute atomic E-state index is 0. The van der Waals surface area contributed by atoms with Gasteiger partial charge in [-0.2, -0.15) is 5.10 Å². The molecule has 0 bridgehead atoms. The van der Waals surface area contributed by atoms with Crippen LogP contribution >= 0.6 is 0 Å². The van der Waals surface area contributed by atoms with E-state index in [0.717, 1.165) is 12.1 Å². The molecule has 6 nitrogen and oxygen atoms in total. The van der Waals surface area contributed by atoms with Crippen LogP contribution in [0.2, 0.25) is 0 Å². The van der Waals surface area contributed by atoms with Crippen LogP contribution in [-0.2, 0) is 4.79 Å². The molecule has 1 fully saturated rings. The lowest BCUT2D eigenvalue weighted by Gasteiger charge is -2.26. The number of likely N-dealkylation sites (N-methyl/N-ethyl adjacent to an activating group) is 1. The number of likely N-dealkylation sites (tertiary alicyclic amines) is 1. The minimum atomic E-state index is 0. The second kappa shape index (κ2) is 21.5. The maximum absolute atomic E-state index is 8.00. The summed E-state index contributed by atoms with van der Waals surface area (Å²) < 4.78 is 0. The smallest absolute Gasteiger partial charge is 0.106 e. The Morgan fingerprint density at radius 2 is 1.66 bits per heavy atom. The quantitative estimate of drug-likeness (QED) is 0.379. The Balaban J connectivity index is -0.000000694. The van der Waals surface area contributed by atoms with Crippen molar-refractivity contribution in [2.24, 2.45) is 22.2 Å². The molecular weight excluding hydrogens is 470 g/mol. The zero-order valence-corrected chi connectivity index (χ0v) is 25.6. The summed E-state index contributed by atoms with van der Waals surface area (Å²) in [5.74, 6) is 0.613. The van der Waals surface area contributed by atoms with Crippen LogP contribution in [0, 0.1) is 11.3 Å². The number of nitrogens with zero attached hydrogens (tertiary/aromatic N) is 3. The second-order valence-electron chi connectivity index (χ2n) is 10.2. The van der Waals surface area contributed by atoms with Crippen LogP contribution in [0.3, 0.4) is 0 Å². The van der Waals surface area contributed by atoms with E-state index in [1.807, 2.05) is 45.0 Å². The monoisotopic (exact) mass is 531 g/mol. The number of carbonyl (C=O) groups excluding carboxylic acids is 1. The van der Waals surface area contributed by atoms with Crippen molar-refractivity contribution < 1.29 is 4.79 Å². The fourth-order valence-electron chi connectivity index (χ4n) is 4.03. The number of nitrogens with one attached hydrogen (secondary N) is 1. The standard InChI is InChI=1S/C19H28N4.C8H16.C2H6.CH5N.CH2O.CH4/c1-14(21-15(2)18-6-5-13-22(18)3)16-7-9-17(10-8-16)19-11-12-20-23(19)4;1-6-7(2)8(3,4)5;3*1-2;/h7-10,12,14,18-19,21H,2,5-6,11,13H2,1,3-4H3;6-7H,1H2,2-5H3;1-2H3;2H2,1H3;1H2;1H4. The van der Waals surface area contributed by atoms with E-state index in [0.29, 0.717) is 23.4 Å². The Morgan fingerprint density at radius 3 is 2.00 bits per heavy atom. The summed E-state index contributed by atoms with van der Waals surface area (Å²) in [4.78, 5) is 10.4. The van der Waals surface area contributed by atoms with Gasteiger partial charge in [0.15, 0.2) is 0 Å². The molecule has 4 atom stereocenters. The molecule has 0 amide bonds. The molecule has 1 aromatic rings.